The third-order valence-corrected chi connectivity index (χ3v) is 4.30. The lowest BCUT2D eigenvalue weighted by molar-refractivity contribution is 0.587. The molecule has 2 rings (SSSR count). The number of nitrogens with zero attached hydrogens (tertiary/aromatic N) is 1. The van der Waals surface area contributed by atoms with Crippen molar-refractivity contribution in [3.63, 3.8) is 0 Å². The van der Waals surface area contributed by atoms with Gasteiger partial charge in [-0.05, 0) is 30.0 Å². The largest absolute Gasteiger partial charge is 0.397 e. The number of rotatable bonds is 2. The standard InChI is InChI=1S/C15H22N2S/c1-9(2)6-10-7-11(16)13-12(8-10)18-14(17-13)15(3,4)5/h7-9H,6,16H2,1-5H3. The Bertz CT molecular complexity index is 562. The molecule has 0 fully saturated rings. The number of nitrogens with two attached hydrogens (primary N) is 1. The van der Waals surface area contributed by atoms with Crippen molar-refractivity contribution < 1.29 is 0 Å². The second-order valence-corrected chi connectivity index (χ2v) is 7.43. The molecule has 0 aliphatic heterocycles. The van der Waals surface area contributed by atoms with Gasteiger partial charge in [0.05, 0.1) is 15.4 Å². The van der Waals surface area contributed by atoms with Gasteiger partial charge in [-0.1, -0.05) is 34.6 Å². The molecule has 3 heteroatoms. The van der Waals surface area contributed by atoms with Crippen LogP contribution in [0, 0.1) is 5.92 Å². The Morgan fingerprint density at radius 2 is 1.94 bits per heavy atom. The molecule has 2 N–H and O–H groups in total. The minimum absolute atomic E-state index is 0.0916. The second kappa shape index (κ2) is 4.54. The number of anilines is 1. The highest BCUT2D eigenvalue weighted by atomic mass is 32.1. The summed E-state index contributed by atoms with van der Waals surface area (Å²) >= 11 is 1.77. The molecule has 0 radical (unpaired) electrons. The third kappa shape index (κ3) is 2.66. The number of nitrogen functional groups attached to an aromatic ring is 1. The van der Waals surface area contributed by atoms with Crippen LogP contribution >= 0.6 is 11.3 Å². The third-order valence-electron chi connectivity index (χ3n) is 2.87. The Morgan fingerprint density at radius 3 is 2.50 bits per heavy atom. The molecular weight excluding hydrogens is 240 g/mol. The molecule has 2 aromatic rings. The van der Waals surface area contributed by atoms with Gasteiger partial charge in [-0.25, -0.2) is 4.98 Å². The Kier molecular flexibility index (Phi) is 3.37. The second-order valence-electron chi connectivity index (χ2n) is 6.40. The fourth-order valence-electron chi connectivity index (χ4n) is 2.02. The molecule has 18 heavy (non-hydrogen) atoms. The van der Waals surface area contributed by atoms with Crippen molar-refractivity contribution in [2.24, 2.45) is 5.92 Å². The molecule has 0 atom stereocenters. The summed E-state index contributed by atoms with van der Waals surface area (Å²) in [5.41, 5.74) is 9.33. The van der Waals surface area contributed by atoms with E-state index in [2.05, 4.69) is 46.8 Å². The van der Waals surface area contributed by atoms with E-state index in [-0.39, 0.29) is 5.41 Å². The van der Waals surface area contributed by atoms with Crippen molar-refractivity contribution in [3.05, 3.63) is 22.7 Å². The van der Waals surface area contributed by atoms with Crippen LogP contribution in [0.5, 0.6) is 0 Å². The maximum Gasteiger partial charge on any atom is 0.104 e. The molecule has 98 valence electrons. The van der Waals surface area contributed by atoms with E-state index < -0.39 is 0 Å². The molecule has 0 unspecified atom stereocenters. The summed E-state index contributed by atoms with van der Waals surface area (Å²) in [6.07, 6.45) is 1.07. The molecule has 1 aromatic carbocycles. The number of fused-ring (bicyclic) bond motifs is 1. The predicted molar refractivity (Wildman–Crippen MR) is 81.3 cm³/mol. The molecule has 0 spiro atoms. The van der Waals surface area contributed by atoms with Crippen LogP contribution in [-0.2, 0) is 11.8 Å². The quantitative estimate of drug-likeness (QED) is 0.816. The van der Waals surface area contributed by atoms with Gasteiger partial charge in [0, 0.05) is 5.41 Å². The highest BCUT2D eigenvalue weighted by Gasteiger charge is 2.19. The van der Waals surface area contributed by atoms with Crippen molar-refractivity contribution in [2.75, 3.05) is 5.73 Å². The van der Waals surface area contributed by atoms with Crippen LogP contribution in [0.1, 0.15) is 45.2 Å². The van der Waals surface area contributed by atoms with E-state index in [1.807, 2.05) is 0 Å². The van der Waals surface area contributed by atoms with Gasteiger partial charge in [0.2, 0.25) is 0 Å². The zero-order valence-electron chi connectivity index (χ0n) is 11.9. The first-order valence-electron chi connectivity index (χ1n) is 6.47. The lowest BCUT2D eigenvalue weighted by Crippen LogP contribution is -2.09. The normalized spacial score (nSPS) is 12.6. The number of hydrogen-bond acceptors (Lipinski definition) is 3. The maximum absolute atomic E-state index is 6.13. The molecular formula is C15H22N2S. The highest BCUT2D eigenvalue weighted by molar-refractivity contribution is 7.18. The van der Waals surface area contributed by atoms with E-state index in [1.54, 1.807) is 11.3 Å². The maximum atomic E-state index is 6.13. The minimum Gasteiger partial charge on any atom is -0.397 e. The minimum atomic E-state index is 0.0916. The van der Waals surface area contributed by atoms with Crippen LogP contribution in [-0.4, -0.2) is 4.98 Å². The van der Waals surface area contributed by atoms with E-state index in [0.717, 1.165) is 22.6 Å². The molecule has 0 saturated heterocycles. The van der Waals surface area contributed by atoms with Gasteiger partial charge in [-0.3, -0.25) is 0 Å². The first-order valence-corrected chi connectivity index (χ1v) is 7.28. The molecule has 0 aliphatic rings. The molecule has 0 saturated carbocycles. The van der Waals surface area contributed by atoms with Crippen molar-refractivity contribution in [1.82, 2.24) is 4.98 Å². The zero-order valence-corrected chi connectivity index (χ0v) is 12.7. The van der Waals surface area contributed by atoms with Crippen LogP contribution in [0.2, 0.25) is 0 Å². The Balaban J connectivity index is 2.52. The Hall–Kier alpha value is -1.09. The van der Waals surface area contributed by atoms with Gasteiger partial charge >= 0.3 is 0 Å². The number of aromatic nitrogens is 1. The van der Waals surface area contributed by atoms with Crippen molar-refractivity contribution in [1.29, 1.82) is 0 Å². The van der Waals surface area contributed by atoms with Crippen molar-refractivity contribution in [2.45, 2.75) is 46.5 Å². The summed E-state index contributed by atoms with van der Waals surface area (Å²) in [5.74, 6) is 0.650. The van der Waals surface area contributed by atoms with Gasteiger partial charge in [0.1, 0.15) is 5.52 Å². The van der Waals surface area contributed by atoms with Gasteiger partial charge in [0.25, 0.3) is 0 Å². The smallest absolute Gasteiger partial charge is 0.104 e. The van der Waals surface area contributed by atoms with Crippen molar-refractivity contribution >= 4 is 27.2 Å². The fourth-order valence-corrected chi connectivity index (χ4v) is 3.15. The Labute approximate surface area is 113 Å². The van der Waals surface area contributed by atoms with Crippen molar-refractivity contribution in [3.8, 4) is 0 Å². The van der Waals surface area contributed by atoms with E-state index in [4.69, 9.17) is 10.7 Å². The summed E-state index contributed by atoms with van der Waals surface area (Å²) in [7, 11) is 0. The summed E-state index contributed by atoms with van der Waals surface area (Å²) in [6, 6.07) is 4.33. The Morgan fingerprint density at radius 1 is 1.28 bits per heavy atom. The summed E-state index contributed by atoms with van der Waals surface area (Å²) < 4.78 is 1.22. The van der Waals surface area contributed by atoms with Gasteiger partial charge in [-0.2, -0.15) is 0 Å². The van der Waals surface area contributed by atoms with Gasteiger partial charge in [-0.15, -0.1) is 11.3 Å². The predicted octanol–water partition coefficient (Wildman–Crippen LogP) is 4.37. The van der Waals surface area contributed by atoms with E-state index in [9.17, 15) is 0 Å². The molecule has 0 aliphatic carbocycles. The molecule has 0 bridgehead atoms. The summed E-state index contributed by atoms with van der Waals surface area (Å²) in [6.45, 7) is 11.0. The molecule has 2 nitrogen and oxygen atoms in total. The number of thiazole rings is 1. The fraction of sp³-hybridized carbons (Fsp3) is 0.533. The molecule has 1 aromatic heterocycles. The molecule has 0 amide bonds. The van der Waals surface area contributed by atoms with Crippen LogP contribution in [0.15, 0.2) is 12.1 Å². The van der Waals surface area contributed by atoms with E-state index in [0.29, 0.717) is 5.92 Å². The van der Waals surface area contributed by atoms with Crippen LogP contribution in [0.3, 0.4) is 0 Å². The van der Waals surface area contributed by atoms with Crippen LogP contribution in [0.4, 0.5) is 5.69 Å². The average molecular weight is 262 g/mol. The lowest BCUT2D eigenvalue weighted by Gasteiger charge is -2.13. The van der Waals surface area contributed by atoms with Crippen LogP contribution in [0.25, 0.3) is 10.2 Å². The first kappa shape index (κ1) is 13.3. The number of hydrogen-bond donors (Lipinski definition) is 1. The summed E-state index contributed by atoms with van der Waals surface area (Å²) in [4.78, 5) is 4.70. The first-order chi connectivity index (χ1) is 8.27. The SMILES string of the molecule is CC(C)Cc1cc(N)c2nc(C(C)(C)C)sc2c1. The van der Waals surface area contributed by atoms with Gasteiger partial charge < -0.3 is 5.73 Å². The van der Waals surface area contributed by atoms with E-state index in [1.165, 1.54) is 10.3 Å². The average Bonchev–Trinajstić information content (AvgIpc) is 2.59. The topological polar surface area (TPSA) is 38.9 Å². The lowest BCUT2D eigenvalue weighted by atomic mass is 9.98. The zero-order chi connectivity index (χ0) is 13.5. The highest BCUT2D eigenvalue weighted by Crippen LogP contribution is 2.34. The number of benzene rings is 1. The molecule has 1 heterocycles. The van der Waals surface area contributed by atoms with E-state index >= 15 is 0 Å². The van der Waals surface area contributed by atoms with Gasteiger partial charge in [0.15, 0.2) is 0 Å². The monoisotopic (exact) mass is 262 g/mol. The van der Waals surface area contributed by atoms with Crippen LogP contribution < -0.4 is 5.73 Å². The summed E-state index contributed by atoms with van der Waals surface area (Å²) in [5, 5.41) is 1.16.